The summed E-state index contributed by atoms with van der Waals surface area (Å²) in [6.07, 6.45) is 0. The molecule has 6 nitrogen and oxygen atoms in total. The van der Waals surface area contributed by atoms with Crippen molar-refractivity contribution in [2.45, 2.75) is 36.2 Å². The number of methoxy groups -OCH3 is 1. The lowest BCUT2D eigenvalue weighted by atomic mass is 10.2. The number of anilines is 1. The van der Waals surface area contributed by atoms with Crippen molar-refractivity contribution in [2.75, 3.05) is 18.2 Å². The highest BCUT2D eigenvalue weighted by Crippen LogP contribution is 2.25. The quantitative estimate of drug-likeness (QED) is 0.501. The molecule has 1 heterocycles. The van der Waals surface area contributed by atoms with E-state index in [9.17, 15) is 4.79 Å². The van der Waals surface area contributed by atoms with Crippen LogP contribution in [-0.2, 0) is 17.1 Å². The van der Waals surface area contributed by atoms with Gasteiger partial charge in [-0.1, -0.05) is 35.5 Å². The van der Waals surface area contributed by atoms with E-state index >= 15 is 0 Å². The van der Waals surface area contributed by atoms with Gasteiger partial charge in [-0.05, 0) is 38.1 Å². The van der Waals surface area contributed by atoms with E-state index < -0.39 is 0 Å². The predicted molar refractivity (Wildman–Crippen MR) is 119 cm³/mol. The Bertz CT molecular complexity index is 958. The number of aryl methyl sites for hydroxylation is 1. The van der Waals surface area contributed by atoms with Crippen LogP contribution in [0.3, 0.4) is 0 Å². The van der Waals surface area contributed by atoms with E-state index in [2.05, 4.69) is 58.2 Å². The predicted octanol–water partition coefficient (Wildman–Crippen LogP) is 4.64. The van der Waals surface area contributed by atoms with Gasteiger partial charge in [0.15, 0.2) is 5.16 Å². The molecule has 1 N–H and O–H groups in total. The van der Waals surface area contributed by atoms with Gasteiger partial charge in [-0.15, -0.1) is 22.0 Å². The molecule has 0 atom stereocenters. The molecule has 3 rings (SSSR count). The zero-order valence-electron chi connectivity index (χ0n) is 16.7. The van der Waals surface area contributed by atoms with Crippen molar-refractivity contribution in [1.29, 1.82) is 0 Å². The molecule has 0 fully saturated rings. The Morgan fingerprint density at radius 1 is 1.14 bits per heavy atom. The van der Waals surface area contributed by atoms with Gasteiger partial charge in [-0.2, -0.15) is 0 Å². The molecular formula is C21H24N4O2S2. The number of amides is 1. The van der Waals surface area contributed by atoms with Crippen molar-refractivity contribution < 1.29 is 9.53 Å². The lowest BCUT2D eigenvalue weighted by Gasteiger charge is -2.08. The molecule has 0 saturated carbocycles. The molecule has 152 valence electrons. The number of carbonyl (C=O) groups is 1. The van der Waals surface area contributed by atoms with Gasteiger partial charge in [0.2, 0.25) is 5.91 Å². The third-order valence-corrected chi connectivity index (χ3v) is 6.16. The highest BCUT2D eigenvalue weighted by atomic mass is 32.2. The van der Waals surface area contributed by atoms with E-state index in [4.69, 9.17) is 4.74 Å². The minimum atomic E-state index is -0.0931. The highest BCUT2D eigenvalue weighted by molar-refractivity contribution is 7.99. The Kier molecular flexibility index (Phi) is 7.60. The lowest BCUT2D eigenvalue weighted by molar-refractivity contribution is -0.113. The first-order valence-electron chi connectivity index (χ1n) is 9.27. The highest BCUT2D eigenvalue weighted by Gasteiger charge is 2.14. The van der Waals surface area contributed by atoms with Gasteiger partial charge in [0.05, 0.1) is 18.6 Å². The zero-order valence-corrected chi connectivity index (χ0v) is 18.3. The number of carbonyl (C=O) groups excluding carboxylic acids is 1. The maximum absolute atomic E-state index is 12.3. The number of rotatable bonds is 9. The molecule has 0 aliphatic carbocycles. The van der Waals surface area contributed by atoms with Crippen molar-refractivity contribution >= 4 is 35.1 Å². The number of aromatic nitrogens is 3. The molecule has 0 aliphatic heterocycles. The SMILES string of the molecule is CCn1c(CSc2ccc(C)cc2)nnc1SCC(=O)Nc1cccc(OC)c1. The first-order valence-corrected chi connectivity index (χ1v) is 11.2. The average Bonchev–Trinajstić information content (AvgIpc) is 3.13. The van der Waals surface area contributed by atoms with Crippen molar-refractivity contribution in [3.63, 3.8) is 0 Å². The van der Waals surface area contributed by atoms with Crippen LogP contribution in [0.1, 0.15) is 18.3 Å². The smallest absolute Gasteiger partial charge is 0.234 e. The second-order valence-electron chi connectivity index (χ2n) is 6.31. The summed E-state index contributed by atoms with van der Waals surface area (Å²) in [4.78, 5) is 13.5. The number of nitrogens with one attached hydrogen (secondary N) is 1. The number of nitrogens with zero attached hydrogens (tertiary/aromatic N) is 3. The van der Waals surface area contributed by atoms with Gasteiger partial charge in [-0.3, -0.25) is 4.79 Å². The van der Waals surface area contributed by atoms with Gasteiger partial charge in [0.1, 0.15) is 11.6 Å². The summed E-state index contributed by atoms with van der Waals surface area (Å²) in [5.41, 5.74) is 1.96. The molecule has 3 aromatic rings. The number of benzene rings is 2. The Balaban J connectivity index is 1.56. The van der Waals surface area contributed by atoms with Gasteiger partial charge in [-0.25, -0.2) is 0 Å². The fourth-order valence-corrected chi connectivity index (χ4v) is 4.32. The first kappa shape index (κ1) is 21.3. The molecule has 2 aromatic carbocycles. The van der Waals surface area contributed by atoms with E-state index in [0.29, 0.717) is 11.4 Å². The van der Waals surface area contributed by atoms with Crippen LogP contribution >= 0.6 is 23.5 Å². The van der Waals surface area contributed by atoms with Crippen LogP contribution in [0, 0.1) is 6.92 Å². The van der Waals surface area contributed by atoms with E-state index in [1.165, 1.54) is 22.2 Å². The molecule has 0 saturated heterocycles. The molecular weight excluding hydrogens is 404 g/mol. The van der Waals surface area contributed by atoms with Crippen LogP contribution in [0.4, 0.5) is 5.69 Å². The lowest BCUT2D eigenvalue weighted by Crippen LogP contribution is -2.14. The Morgan fingerprint density at radius 2 is 1.93 bits per heavy atom. The molecule has 0 unspecified atom stereocenters. The molecule has 1 aromatic heterocycles. The van der Waals surface area contributed by atoms with Gasteiger partial charge >= 0.3 is 0 Å². The van der Waals surface area contributed by atoms with Crippen LogP contribution < -0.4 is 10.1 Å². The first-order chi connectivity index (χ1) is 14.1. The molecule has 1 amide bonds. The normalized spacial score (nSPS) is 10.7. The zero-order chi connectivity index (χ0) is 20.6. The Morgan fingerprint density at radius 3 is 2.66 bits per heavy atom. The second kappa shape index (κ2) is 10.4. The van der Waals surface area contributed by atoms with E-state index in [-0.39, 0.29) is 11.7 Å². The minimum Gasteiger partial charge on any atom is -0.497 e. The number of hydrogen-bond donors (Lipinski definition) is 1. The number of ether oxygens (including phenoxy) is 1. The third-order valence-electron chi connectivity index (χ3n) is 4.18. The summed E-state index contributed by atoms with van der Waals surface area (Å²) in [6.45, 7) is 4.90. The number of hydrogen-bond acceptors (Lipinski definition) is 6. The topological polar surface area (TPSA) is 69.0 Å². The van der Waals surface area contributed by atoms with Gasteiger partial charge in [0, 0.05) is 23.2 Å². The van der Waals surface area contributed by atoms with Crippen molar-refractivity contribution in [3.05, 3.63) is 59.9 Å². The van der Waals surface area contributed by atoms with Crippen molar-refractivity contribution in [2.24, 2.45) is 0 Å². The van der Waals surface area contributed by atoms with Crippen LogP contribution in [0.2, 0.25) is 0 Å². The van der Waals surface area contributed by atoms with E-state index in [1.54, 1.807) is 24.9 Å². The Hall–Kier alpha value is -2.45. The van der Waals surface area contributed by atoms with Crippen LogP contribution in [0.15, 0.2) is 58.6 Å². The van der Waals surface area contributed by atoms with E-state index in [1.807, 2.05) is 18.2 Å². The maximum atomic E-state index is 12.3. The molecule has 29 heavy (non-hydrogen) atoms. The minimum absolute atomic E-state index is 0.0931. The molecule has 0 radical (unpaired) electrons. The largest absolute Gasteiger partial charge is 0.497 e. The maximum Gasteiger partial charge on any atom is 0.234 e. The van der Waals surface area contributed by atoms with E-state index in [0.717, 1.165) is 23.3 Å². The van der Waals surface area contributed by atoms with Crippen LogP contribution in [0.5, 0.6) is 5.75 Å². The van der Waals surface area contributed by atoms with Gasteiger partial charge in [0.25, 0.3) is 0 Å². The summed E-state index contributed by atoms with van der Waals surface area (Å²) < 4.78 is 7.24. The van der Waals surface area contributed by atoms with Gasteiger partial charge < -0.3 is 14.6 Å². The molecule has 0 bridgehead atoms. The summed E-state index contributed by atoms with van der Waals surface area (Å²) >= 11 is 3.12. The summed E-state index contributed by atoms with van der Waals surface area (Å²) in [5, 5.41) is 12.2. The summed E-state index contributed by atoms with van der Waals surface area (Å²) in [7, 11) is 1.60. The molecule has 0 aliphatic rings. The fourth-order valence-electron chi connectivity index (χ4n) is 2.66. The van der Waals surface area contributed by atoms with Crippen LogP contribution in [0.25, 0.3) is 0 Å². The monoisotopic (exact) mass is 428 g/mol. The molecule has 8 heteroatoms. The summed E-state index contributed by atoms with van der Waals surface area (Å²) in [6, 6.07) is 15.7. The summed E-state index contributed by atoms with van der Waals surface area (Å²) in [5.74, 6) is 2.52. The fraction of sp³-hybridized carbons (Fsp3) is 0.286. The standard InChI is InChI=1S/C21H24N4O2S2/c1-4-25-19(13-28-18-10-8-15(2)9-11-18)23-24-21(25)29-14-20(26)22-16-6-5-7-17(12-16)27-3/h5-12H,4,13-14H2,1-3H3,(H,22,26). The third kappa shape index (κ3) is 6.01. The van der Waals surface area contributed by atoms with Crippen molar-refractivity contribution in [3.8, 4) is 5.75 Å². The second-order valence-corrected chi connectivity index (χ2v) is 8.30. The number of thioether (sulfide) groups is 2. The molecule has 0 spiro atoms. The van der Waals surface area contributed by atoms with Crippen molar-refractivity contribution in [1.82, 2.24) is 14.8 Å². The van der Waals surface area contributed by atoms with Crippen LogP contribution in [-0.4, -0.2) is 33.5 Å². The Labute approximate surface area is 179 Å². The average molecular weight is 429 g/mol.